The van der Waals surface area contributed by atoms with E-state index in [1.807, 2.05) is 30.3 Å². The first-order valence-corrected chi connectivity index (χ1v) is 12.9. The summed E-state index contributed by atoms with van der Waals surface area (Å²) in [5.41, 5.74) is 9.63. The van der Waals surface area contributed by atoms with Crippen molar-refractivity contribution in [3.05, 3.63) is 126 Å². The van der Waals surface area contributed by atoms with Crippen LogP contribution >= 0.6 is 0 Å². The zero-order chi connectivity index (χ0) is 23.5. The van der Waals surface area contributed by atoms with Crippen LogP contribution in [0.5, 0.6) is 0 Å². The van der Waals surface area contributed by atoms with Crippen molar-refractivity contribution in [1.29, 1.82) is 0 Å². The number of fused-ring (bicyclic) bond motifs is 3. The van der Waals surface area contributed by atoms with Crippen molar-refractivity contribution in [2.75, 3.05) is 0 Å². The van der Waals surface area contributed by atoms with Gasteiger partial charge in [-0.1, -0.05) is 81.8 Å². The maximum Gasteiger partial charge on any atom is -0.0253 e. The van der Waals surface area contributed by atoms with Gasteiger partial charge in [-0.25, -0.2) is 5.57 Å². The molecule has 3 aromatic rings. The predicted molar refractivity (Wildman–Crippen MR) is 142 cm³/mol. The molecule has 0 fully saturated rings. The van der Waals surface area contributed by atoms with E-state index >= 15 is 0 Å². The SMILES string of the molecule is CC1=[C-]C(C)C=C1C(C)C.Cc1cc[c-]cc1.[CH2]=[Zr].[CH3-].[c-]1cccc2c1Cc1ccccc1-2. The first kappa shape index (κ1) is 28.9. The van der Waals surface area contributed by atoms with Gasteiger partial charge in [0.1, 0.15) is 0 Å². The van der Waals surface area contributed by atoms with Gasteiger partial charge in [0.05, 0.1) is 0 Å². The molecular weight excluding hydrogens is 476 g/mol. The zero-order valence-electron chi connectivity index (χ0n) is 21.0. The van der Waals surface area contributed by atoms with Crippen molar-refractivity contribution >= 4 is 4.21 Å². The molecule has 5 rings (SSSR count). The molecule has 2 aliphatic carbocycles. The summed E-state index contributed by atoms with van der Waals surface area (Å²) in [7, 11) is 0. The van der Waals surface area contributed by atoms with Crippen LogP contribution in [0.4, 0.5) is 0 Å². The molecule has 0 saturated carbocycles. The standard InChI is InChI=1S/C13H9.C10H15.C7H7.CH3.CH2.Zr/c1-3-7-12-10(5-1)9-11-6-2-4-8-13(11)12;1-7(2)10-6-8(3)5-9(10)4;1-7-5-3-2-4-6-7;;;/h1-5,7-8H,9H2;6-8H,1-4H3;3-6H,1H3;1H3;1H2;/q4*-1;;. The van der Waals surface area contributed by atoms with Crippen molar-refractivity contribution in [3.63, 3.8) is 0 Å². The van der Waals surface area contributed by atoms with Gasteiger partial charge in [-0.05, 0) is 6.42 Å². The third-order valence-electron chi connectivity index (χ3n) is 5.43. The molecule has 0 saturated heterocycles. The number of benzene rings is 3. The molecule has 0 nitrogen and oxygen atoms in total. The fraction of sp³-hybridized carbons (Fsp3) is 0.250. The van der Waals surface area contributed by atoms with Gasteiger partial charge in [-0.15, -0.1) is 5.56 Å². The maximum atomic E-state index is 3.37. The Balaban J connectivity index is 0.000000245. The number of rotatable bonds is 1. The van der Waals surface area contributed by atoms with Crippen LogP contribution in [0.2, 0.25) is 0 Å². The summed E-state index contributed by atoms with van der Waals surface area (Å²) < 4.78 is 3.34. The Bertz CT molecular complexity index is 997. The second kappa shape index (κ2) is 14.9. The molecule has 0 radical (unpaired) electrons. The smallest absolute Gasteiger partial charge is 0.0253 e. The van der Waals surface area contributed by atoms with E-state index in [4.69, 9.17) is 0 Å². The van der Waals surface area contributed by atoms with E-state index in [1.165, 1.54) is 63.2 Å². The molecule has 0 bridgehead atoms. The summed E-state index contributed by atoms with van der Waals surface area (Å²) in [6.07, 6.45) is 6.73. The van der Waals surface area contributed by atoms with Crippen LogP contribution in [0.15, 0.2) is 84.0 Å². The molecule has 0 aromatic heterocycles. The molecule has 172 valence electrons. The van der Waals surface area contributed by atoms with Crippen LogP contribution in [0.1, 0.15) is 44.4 Å². The predicted octanol–water partition coefficient (Wildman–Crippen LogP) is 8.24. The molecular formula is C32H36Zr-4. The zero-order valence-corrected chi connectivity index (χ0v) is 23.5. The van der Waals surface area contributed by atoms with Gasteiger partial charge >= 0.3 is 28.4 Å². The minimum atomic E-state index is 0. The summed E-state index contributed by atoms with van der Waals surface area (Å²) in [5, 5.41) is 0. The molecule has 1 unspecified atom stereocenters. The quantitative estimate of drug-likeness (QED) is 0.226. The van der Waals surface area contributed by atoms with Crippen molar-refractivity contribution in [2.24, 2.45) is 11.8 Å². The molecule has 0 spiro atoms. The normalized spacial score (nSPS) is 14.4. The molecule has 0 amide bonds. The second-order valence-corrected chi connectivity index (χ2v) is 8.31. The van der Waals surface area contributed by atoms with Gasteiger partial charge in [0.15, 0.2) is 0 Å². The Morgan fingerprint density at radius 3 is 2.06 bits per heavy atom. The molecule has 33 heavy (non-hydrogen) atoms. The minimum Gasteiger partial charge on any atom is -0.358 e. The molecule has 0 N–H and O–H groups in total. The van der Waals surface area contributed by atoms with Crippen LogP contribution in [0.25, 0.3) is 11.1 Å². The van der Waals surface area contributed by atoms with E-state index in [0.29, 0.717) is 11.8 Å². The average Bonchev–Trinajstić information content (AvgIpc) is 3.36. The Morgan fingerprint density at radius 1 is 0.909 bits per heavy atom. The summed E-state index contributed by atoms with van der Waals surface area (Å²) in [6.45, 7) is 10.9. The Labute approximate surface area is 217 Å². The molecule has 3 aromatic carbocycles. The fourth-order valence-corrected chi connectivity index (χ4v) is 3.95. The van der Waals surface area contributed by atoms with E-state index in [2.05, 4.69) is 99.5 Å². The van der Waals surface area contributed by atoms with Crippen molar-refractivity contribution in [1.82, 2.24) is 0 Å². The van der Waals surface area contributed by atoms with E-state index in [1.54, 1.807) is 0 Å². The van der Waals surface area contributed by atoms with E-state index in [0.717, 1.165) is 6.42 Å². The molecule has 1 atom stereocenters. The van der Waals surface area contributed by atoms with E-state index in [-0.39, 0.29) is 7.43 Å². The monoisotopic (exact) mass is 510 g/mol. The molecule has 1 heteroatoms. The van der Waals surface area contributed by atoms with Gasteiger partial charge in [0.2, 0.25) is 0 Å². The summed E-state index contributed by atoms with van der Waals surface area (Å²) in [5.74, 6) is 1.20. The fourth-order valence-electron chi connectivity index (χ4n) is 3.95. The van der Waals surface area contributed by atoms with Gasteiger partial charge in [-0.3, -0.25) is 6.08 Å². The van der Waals surface area contributed by atoms with Crippen molar-refractivity contribution in [2.45, 2.75) is 41.0 Å². The molecule has 0 heterocycles. The van der Waals surface area contributed by atoms with Crippen LogP contribution in [0.3, 0.4) is 0 Å². The number of hydrogen-bond donors (Lipinski definition) is 0. The number of aryl methyl sites for hydroxylation is 1. The van der Waals surface area contributed by atoms with Crippen LogP contribution in [0, 0.1) is 44.4 Å². The summed E-state index contributed by atoms with van der Waals surface area (Å²) in [6, 6.07) is 28.9. The summed E-state index contributed by atoms with van der Waals surface area (Å²) in [4.78, 5) is 0. The number of hydrogen-bond acceptors (Lipinski definition) is 0. The topological polar surface area (TPSA) is 0 Å². The van der Waals surface area contributed by atoms with Crippen LogP contribution in [-0.4, -0.2) is 4.21 Å². The largest absolute Gasteiger partial charge is 0.358 e. The van der Waals surface area contributed by atoms with Gasteiger partial charge in [0, 0.05) is 0 Å². The van der Waals surface area contributed by atoms with Crippen molar-refractivity contribution < 1.29 is 24.2 Å². The first-order valence-electron chi connectivity index (χ1n) is 11.1. The Kier molecular flexibility index (Phi) is 13.1. The Hall–Kier alpha value is -2.11. The average molecular weight is 512 g/mol. The number of allylic oxidation sites excluding steroid dienone is 4. The van der Waals surface area contributed by atoms with E-state index in [9.17, 15) is 0 Å². The van der Waals surface area contributed by atoms with Crippen LogP contribution < -0.4 is 0 Å². The van der Waals surface area contributed by atoms with E-state index < -0.39 is 0 Å². The first-order chi connectivity index (χ1) is 15.5. The van der Waals surface area contributed by atoms with Crippen molar-refractivity contribution in [3.8, 4) is 11.1 Å². The third kappa shape index (κ3) is 8.64. The molecule has 0 aliphatic heterocycles. The van der Waals surface area contributed by atoms with Crippen LogP contribution in [-0.2, 0) is 30.7 Å². The Morgan fingerprint density at radius 2 is 1.55 bits per heavy atom. The second-order valence-electron chi connectivity index (χ2n) is 8.31. The van der Waals surface area contributed by atoms with Gasteiger partial charge in [0.25, 0.3) is 0 Å². The minimum absolute atomic E-state index is 0. The summed E-state index contributed by atoms with van der Waals surface area (Å²) >= 11 is 1.30. The van der Waals surface area contributed by atoms with Gasteiger partial charge < -0.3 is 7.43 Å². The maximum absolute atomic E-state index is 3.37. The molecule has 2 aliphatic rings. The third-order valence-corrected chi connectivity index (χ3v) is 5.43. The van der Waals surface area contributed by atoms with Gasteiger partial charge in [-0.2, -0.15) is 77.4 Å².